The van der Waals surface area contributed by atoms with E-state index < -0.39 is 49.2 Å². The van der Waals surface area contributed by atoms with E-state index in [9.17, 15) is 30.4 Å². The average Bonchev–Trinajstić information content (AvgIpc) is 2.23. The molecular weight excluding hydrogens is 401 g/mol. The molecule has 0 atom stereocenters. The van der Waals surface area contributed by atoms with Gasteiger partial charge < -0.3 is 4.74 Å². The van der Waals surface area contributed by atoms with Gasteiger partial charge >= 0.3 is 6.36 Å². The summed E-state index contributed by atoms with van der Waals surface area (Å²) in [7, 11) is 0.234. The summed E-state index contributed by atoms with van der Waals surface area (Å²) in [6, 6.07) is 0.198. The number of hydrogen-bond donors (Lipinski definition) is 0. The van der Waals surface area contributed by atoms with Crippen LogP contribution >= 0.6 is 26.6 Å². The quantitative estimate of drug-likeness (QED) is 0.436. The molecule has 0 aromatic carbocycles. The smallest absolute Gasteiger partial charge is 0.388 e. The number of ether oxygens (including phenoxy) is 1. The average molecular weight is 405 g/mol. The summed E-state index contributed by atoms with van der Waals surface area (Å²) >= 11 is 2.72. The maximum absolute atomic E-state index is 12.8. The highest BCUT2D eigenvalue weighted by atomic mass is 79.9. The first-order valence-electron chi connectivity index (χ1n) is 4.54. The minimum absolute atomic E-state index is 0.198. The lowest BCUT2D eigenvalue weighted by atomic mass is 10.2. The standard InChI is InChI=1S/C8H4BrClF5NO3S/c9-2-3-6(7(11)12)4(20(10,17)18)1-5(16-3)19-8(13,14)15/h1,7H,2H2. The molecule has 0 amide bonds. The van der Waals surface area contributed by atoms with E-state index in [-0.39, 0.29) is 6.07 Å². The fourth-order valence-corrected chi connectivity index (χ4v) is 2.79. The van der Waals surface area contributed by atoms with Crippen molar-refractivity contribution in [3.05, 3.63) is 17.3 Å². The van der Waals surface area contributed by atoms with Gasteiger partial charge in [0.25, 0.3) is 15.5 Å². The summed E-state index contributed by atoms with van der Waals surface area (Å²) in [6.07, 6.45) is -8.45. The zero-order chi connectivity index (χ0) is 15.7. The number of pyridine rings is 1. The van der Waals surface area contributed by atoms with Gasteiger partial charge in [0.1, 0.15) is 0 Å². The fourth-order valence-electron chi connectivity index (χ4n) is 1.27. The molecule has 1 aromatic rings. The van der Waals surface area contributed by atoms with Gasteiger partial charge in [-0.05, 0) is 0 Å². The Morgan fingerprint density at radius 3 is 2.30 bits per heavy atom. The molecule has 12 heteroatoms. The Labute approximate surface area is 122 Å². The Bertz CT molecular complexity index is 607. The van der Waals surface area contributed by atoms with E-state index in [1.807, 2.05) is 0 Å². The molecule has 1 rings (SSSR count). The second kappa shape index (κ2) is 5.98. The summed E-state index contributed by atoms with van der Waals surface area (Å²) in [6.45, 7) is 0. The molecule has 0 aliphatic rings. The van der Waals surface area contributed by atoms with Crippen LogP contribution in [0.1, 0.15) is 17.7 Å². The Hall–Kier alpha value is -0.680. The van der Waals surface area contributed by atoms with Crippen molar-refractivity contribution in [3.63, 3.8) is 0 Å². The number of aromatic nitrogens is 1. The van der Waals surface area contributed by atoms with Gasteiger partial charge in [-0.25, -0.2) is 22.2 Å². The van der Waals surface area contributed by atoms with Crippen LogP contribution in [0.5, 0.6) is 5.88 Å². The minimum atomic E-state index is -5.16. The zero-order valence-corrected chi connectivity index (χ0v) is 12.2. The maximum atomic E-state index is 12.8. The van der Waals surface area contributed by atoms with Crippen molar-refractivity contribution in [1.82, 2.24) is 4.98 Å². The summed E-state index contributed by atoms with van der Waals surface area (Å²) in [5, 5.41) is -0.416. The van der Waals surface area contributed by atoms with Crippen molar-refractivity contribution in [1.29, 1.82) is 0 Å². The summed E-state index contributed by atoms with van der Waals surface area (Å²) in [5.74, 6) is -1.20. The first kappa shape index (κ1) is 17.4. The van der Waals surface area contributed by atoms with E-state index in [1.165, 1.54) is 0 Å². The highest BCUT2D eigenvalue weighted by Gasteiger charge is 2.34. The molecule has 0 bridgehead atoms. The van der Waals surface area contributed by atoms with Crippen LogP contribution in [0.2, 0.25) is 0 Å². The lowest BCUT2D eigenvalue weighted by molar-refractivity contribution is -0.276. The number of hydrogen-bond acceptors (Lipinski definition) is 4. The molecule has 0 aliphatic heterocycles. The highest BCUT2D eigenvalue weighted by Crippen LogP contribution is 2.35. The third kappa shape index (κ3) is 4.42. The van der Waals surface area contributed by atoms with Crippen LogP contribution in [0.25, 0.3) is 0 Å². The Kier molecular flexibility index (Phi) is 5.19. The Morgan fingerprint density at radius 2 is 1.95 bits per heavy atom. The molecule has 0 aliphatic carbocycles. The third-order valence-electron chi connectivity index (χ3n) is 1.90. The number of rotatable bonds is 4. The molecule has 0 saturated carbocycles. The predicted octanol–water partition coefficient (Wildman–Crippen LogP) is 3.74. The van der Waals surface area contributed by atoms with Gasteiger partial charge in [0, 0.05) is 22.1 Å². The summed E-state index contributed by atoms with van der Waals surface area (Å²) in [4.78, 5) is 2.00. The van der Waals surface area contributed by atoms with Gasteiger partial charge in [-0.15, -0.1) is 13.2 Å². The molecule has 0 spiro atoms. The first-order chi connectivity index (χ1) is 8.95. The molecule has 0 saturated heterocycles. The lowest BCUT2D eigenvalue weighted by Gasteiger charge is -2.14. The van der Waals surface area contributed by atoms with E-state index >= 15 is 0 Å². The topological polar surface area (TPSA) is 56.3 Å². The molecule has 114 valence electrons. The van der Waals surface area contributed by atoms with Gasteiger partial charge in [0.2, 0.25) is 5.88 Å². The van der Waals surface area contributed by atoms with E-state index in [0.29, 0.717) is 0 Å². The molecular formula is C8H4BrClF5NO3S. The molecule has 20 heavy (non-hydrogen) atoms. The van der Waals surface area contributed by atoms with Crippen molar-refractivity contribution in [2.45, 2.75) is 23.0 Å². The van der Waals surface area contributed by atoms with Crippen molar-refractivity contribution in [2.75, 3.05) is 0 Å². The molecule has 4 nitrogen and oxygen atoms in total. The van der Waals surface area contributed by atoms with E-state index in [2.05, 4.69) is 25.7 Å². The van der Waals surface area contributed by atoms with Crippen molar-refractivity contribution in [3.8, 4) is 5.88 Å². The summed E-state index contributed by atoms with van der Waals surface area (Å²) < 4.78 is 87.6. The van der Waals surface area contributed by atoms with E-state index in [0.717, 1.165) is 0 Å². The number of nitrogens with zero attached hydrogens (tertiary/aromatic N) is 1. The van der Waals surface area contributed by atoms with Crippen LogP contribution in [0.15, 0.2) is 11.0 Å². The predicted molar refractivity (Wildman–Crippen MR) is 61.5 cm³/mol. The summed E-state index contributed by atoms with van der Waals surface area (Å²) in [5.41, 5.74) is -1.70. The van der Waals surface area contributed by atoms with Crippen LogP contribution in [-0.2, 0) is 14.4 Å². The second-order valence-corrected chi connectivity index (χ2v) is 6.33. The lowest BCUT2D eigenvalue weighted by Crippen LogP contribution is -2.19. The normalized spacial score (nSPS) is 12.8. The van der Waals surface area contributed by atoms with Crippen LogP contribution in [0.4, 0.5) is 22.0 Å². The van der Waals surface area contributed by atoms with Gasteiger partial charge in [0.05, 0.1) is 16.2 Å². The van der Waals surface area contributed by atoms with Crippen LogP contribution in [-0.4, -0.2) is 19.8 Å². The first-order valence-corrected chi connectivity index (χ1v) is 7.97. The van der Waals surface area contributed by atoms with Gasteiger partial charge in [-0.1, -0.05) is 15.9 Å². The number of alkyl halides is 6. The Morgan fingerprint density at radius 1 is 1.40 bits per heavy atom. The van der Waals surface area contributed by atoms with Crippen molar-refractivity contribution >= 4 is 35.7 Å². The van der Waals surface area contributed by atoms with E-state index in [1.54, 1.807) is 0 Å². The van der Waals surface area contributed by atoms with Crippen molar-refractivity contribution in [2.24, 2.45) is 0 Å². The van der Waals surface area contributed by atoms with Crippen LogP contribution < -0.4 is 4.74 Å². The molecule has 0 fully saturated rings. The van der Waals surface area contributed by atoms with Gasteiger partial charge in [0.15, 0.2) is 0 Å². The molecule has 0 unspecified atom stereocenters. The van der Waals surface area contributed by atoms with Crippen LogP contribution in [0.3, 0.4) is 0 Å². The van der Waals surface area contributed by atoms with Crippen LogP contribution in [0, 0.1) is 0 Å². The van der Waals surface area contributed by atoms with Gasteiger partial charge in [-0.2, -0.15) is 0 Å². The molecule has 0 radical (unpaired) electrons. The van der Waals surface area contributed by atoms with Gasteiger partial charge in [-0.3, -0.25) is 0 Å². The third-order valence-corrected chi connectivity index (χ3v) is 3.80. The highest BCUT2D eigenvalue weighted by molar-refractivity contribution is 9.08. The molecule has 1 heterocycles. The van der Waals surface area contributed by atoms with Crippen molar-refractivity contribution < 1.29 is 35.1 Å². The largest absolute Gasteiger partial charge is 0.574 e. The minimum Gasteiger partial charge on any atom is -0.388 e. The molecule has 1 aromatic heterocycles. The Balaban J connectivity index is 3.57. The SMILES string of the molecule is O=S(=O)(Cl)c1cc(OC(F)(F)F)nc(CBr)c1C(F)F. The fraction of sp³-hybridized carbons (Fsp3) is 0.375. The monoisotopic (exact) mass is 403 g/mol. The molecule has 0 N–H and O–H groups in total. The van der Waals surface area contributed by atoms with E-state index in [4.69, 9.17) is 10.7 Å². The maximum Gasteiger partial charge on any atom is 0.574 e. The zero-order valence-electron chi connectivity index (χ0n) is 9.09. The second-order valence-electron chi connectivity index (χ2n) is 3.24. The number of halogens is 7.